The highest BCUT2D eigenvalue weighted by Crippen LogP contribution is 2.31. The van der Waals surface area contributed by atoms with Crippen molar-refractivity contribution in [2.24, 2.45) is 5.92 Å². The second kappa shape index (κ2) is 8.13. The van der Waals surface area contributed by atoms with E-state index < -0.39 is 15.0 Å². The van der Waals surface area contributed by atoms with Gasteiger partial charge in [0.2, 0.25) is 0 Å². The molecule has 1 aliphatic heterocycles. The van der Waals surface area contributed by atoms with Crippen LogP contribution in [0.25, 0.3) is 0 Å². The molecular weight excluding hydrogens is 340 g/mol. The highest BCUT2D eigenvalue weighted by molar-refractivity contribution is 8.13. The molecule has 1 fully saturated rings. The van der Waals surface area contributed by atoms with Crippen molar-refractivity contribution < 1.29 is 22.7 Å². The number of carbonyl (C=O) groups excluding carboxylic acids is 1. The lowest BCUT2D eigenvalue weighted by molar-refractivity contribution is -0.145. The lowest BCUT2D eigenvalue weighted by atomic mass is 9.85. The van der Waals surface area contributed by atoms with Crippen LogP contribution in [0.5, 0.6) is 0 Å². The Labute approximate surface area is 141 Å². The van der Waals surface area contributed by atoms with Crippen molar-refractivity contribution in [3.8, 4) is 0 Å². The average molecular weight is 361 g/mol. The molecule has 1 saturated heterocycles. The minimum absolute atomic E-state index is 0.0246. The molecule has 2 rings (SSSR count). The van der Waals surface area contributed by atoms with Gasteiger partial charge in [-0.05, 0) is 49.8 Å². The summed E-state index contributed by atoms with van der Waals surface area (Å²) >= 11 is 0. The van der Waals surface area contributed by atoms with Crippen LogP contribution in [0.2, 0.25) is 0 Å². The molecule has 0 amide bonds. The van der Waals surface area contributed by atoms with Crippen LogP contribution in [0, 0.1) is 5.92 Å². The molecule has 0 aliphatic carbocycles. The van der Waals surface area contributed by atoms with Gasteiger partial charge in [-0.3, -0.25) is 4.79 Å². The fourth-order valence-corrected chi connectivity index (χ4v) is 3.56. The Hall–Kier alpha value is -1.11. The predicted octanol–water partition coefficient (Wildman–Crippen LogP) is 3.08. The Balaban J connectivity index is 2.20. The van der Waals surface area contributed by atoms with E-state index in [-0.39, 0.29) is 10.9 Å². The van der Waals surface area contributed by atoms with Gasteiger partial charge in [-0.25, -0.2) is 8.42 Å². The summed E-state index contributed by atoms with van der Waals surface area (Å²) in [5.41, 5.74) is 0.749. The molecule has 0 bridgehead atoms. The van der Waals surface area contributed by atoms with E-state index in [9.17, 15) is 13.2 Å². The number of rotatable bonds is 6. The number of ether oxygens (including phenoxy) is 2. The Morgan fingerprint density at radius 1 is 1.30 bits per heavy atom. The SMILES string of the molecule is CCOC(=O)C(CC1CCOCC1)c1ccc(S(=O)(=O)Cl)cc1. The summed E-state index contributed by atoms with van der Waals surface area (Å²) in [5.74, 6) is -0.278. The van der Waals surface area contributed by atoms with Crippen LogP contribution in [0.15, 0.2) is 29.2 Å². The molecule has 1 atom stereocenters. The first kappa shape index (κ1) is 18.2. The van der Waals surface area contributed by atoms with E-state index in [1.54, 1.807) is 19.1 Å². The molecule has 1 aliphatic rings. The lowest BCUT2D eigenvalue weighted by Crippen LogP contribution is -2.23. The highest BCUT2D eigenvalue weighted by Gasteiger charge is 2.27. The third-order valence-corrected chi connectivity index (χ3v) is 5.41. The van der Waals surface area contributed by atoms with E-state index in [2.05, 4.69) is 0 Å². The molecule has 0 aromatic heterocycles. The quantitative estimate of drug-likeness (QED) is 0.576. The normalized spacial score (nSPS) is 17.7. The summed E-state index contributed by atoms with van der Waals surface area (Å²) in [4.78, 5) is 12.3. The van der Waals surface area contributed by atoms with Crippen molar-refractivity contribution >= 4 is 25.7 Å². The van der Waals surface area contributed by atoms with Crippen molar-refractivity contribution in [3.63, 3.8) is 0 Å². The first-order chi connectivity index (χ1) is 10.9. The van der Waals surface area contributed by atoms with Crippen LogP contribution in [0.1, 0.15) is 37.7 Å². The third-order valence-electron chi connectivity index (χ3n) is 4.05. The predicted molar refractivity (Wildman–Crippen MR) is 87.0 cm³/mol. The number of halogens is 1. The molecule has 1 aromatic rings. The van der Waals surface area contributed by atoms with E-state index in [4.69, 9.17) is 20.2 Å². The van der Waals surface area contributed by atoms with E-state index in [0.29, 0.717) is 32.2 Å². The molecule has 128 valence electrons. The zero-order chi connectivity index (χ0) is 16.9. The summed E-state index contributed by atoms with van der Waals surface area (Å²) in [6, 6.07) is 6.12. The number of esters is 1. The van der Waals surface area contributed by atoms with Crippen LogP contribution < -0.4 is 0 Å². The van der Waals surface area contributed by atoms with E-state index in [1.807, 2.05) is 0 Å². The lowest BCUT2D eigenvalue weighted by Gasteiger charge is -2.26. The second-order valence-corrected chi connectivity index (χ2v) is 8.17. The van der Waals surface area contributed by atoms with Gasteiger partial charge in [-0.1, -0.05) is 12.1 Å². The van der Waals surface area contributed by atoms with Crippen molar-refractivity contribution in [2.75, 3.05) is 19.8 Å². The van der Waals surface area contributed by atoms with Crippen LogP contribution >= 0.6 is 10.7 Å². The van der Waals surface area contributed by atoms with Crippen LogP contribution in [0.4, 0.5) is 0 Å². The van der Waals surface area contributed by atoms with Crippen LogP contribution in [-0.2, 0) is 23.3 Å². The maximum Gasteiger partial charge on any atom is 0.313 e. The molecule has 1 heterocycles. The molecule has 1 unspecified atom stereocenters. The fraction of sp³-hybridized carbons (Fsp3) is 0.562. The molecule has 5 nitrogen and oxygen atoms in total. The molecule has 23 heavy (non-hydrogen) atoms. The van der Waals surface area contributed by atoms with Crippen molar-refractivity contribution in [1.29, 1.82) is 0 Å². The molecule has 0 radical (unpaired) electrons. The maximum absolute atomic E-state index is 12.3. The third kappa shape index (κ3) is 5.19. The first-order valence-electron chi connectivity index (χ1n) is 7.70. The maximum atomic E-state index is 12.3. The Morgan fingerprint density at radius 3 is 2.43 bits per heavy atom. The summed E-state index contributed by atoms with van der Waals surface area (Å²) in [5, 5.41) is 0. The number of hydrogen-bond acceptors (Lipinski definition) is 5. The monoisotopic (exact) mass is 360 g/mol. The van der Waals surface area contributed by atoms with Crippen molar-refractivity contribution in [1.82, 2.24) is 0 Å². The van der Waals surface area contributed by atoms with E-state index in [0.717, 1.165) is 18.4 Å². The first-order valence-corrected chi connectivity index (χ1v) is 10.0. The zero-order valence-electron chi connectivity index (χ0n) is 13.0. The minimum atomic E-state index is -3.76. The van der Waals surface area contributed by atoms with Crippen molar-refractivity contribution in [3.05, 3.63) is 29.8 Å². The Bertz CT molecular complexity index is 620. The fourth-order valence-electron chi connectivity index (χ4n) is 2.79. The average Bonchev–Trinajstić information content (AvgIpc) is 2.53. The molecule has 7 heteroatoms. The Morgan fingerprint density at radius 2 is 1.91 bits per heavy atom. The topological polar surface area (TPSA) is 69.7 Å². The summed E-state index contributed by atoms with van der Waals surface area (Å²) in [6.07, 6.45) is 2.52. The number of hydrogen-bond donors (Lipinski definition) is 0. The van der Waals surface area contributed by atoms with Gasteiger partial charge in [0, 0.05) is 23.9 Å². The molecule has 1 aromatic carbocycles. The van der Waals surface area contributed by atoms with E-state index >= 15 is 0 Å². The summed E-state index contributed by atoms with van der Waals surface area (Å²) in [6.45, 7) is 3.51. The van der Waals surface area contributed by atoms with Gasteiger partial charge in [0.15, 0.2) is 0 Å². The summed E-state index contributed by atoms with van der Waals surface area (Å²) in [7, 11) is 1.56. The standard InChI is InChI=1S/C16H21ClO5S/c1-2-22-16(18)15(11-12-7-9-21-10-8-12)13-3-5-14(6-4-13)23(17,19)20/h3-6,12,15H,2,7-11H2,1H3. The van der Waals surface area contributed by atoms with Gasteiger partial charge in [-0.15, -0.1) is 0 Å². The largest absolute Gasteiger partial charge is 0.466 e. The van der Waals surface area contributed by atoms with Crippen LogP contribution in [0.3, 0.4) is 0 Å². The zero-order valence-corrected chi connectivity index (χ0v) is 14.6. The van der Waals surface area contributed by atoms with Gasteiger partial charge in [-0.2, -0.15) is 0 Å². The van der Waals surface area contributed by atoms with Crippen molar-refractivity contribution in [2.45, 2.75) is 37.0 Å². The van der Waals surface area contributed by atoms with Gasteiger partial charge < -0.3 is 9.47 Å². The second-order valence-electron chi connectivity index (χ2n) is 5.60. The molecular formula is C16H21ClO5S. The van der Waals surface area contributed by atoms with Gasteiger partial charge in [0.1, 0.15) is 0 Å². The van der Waals surface area contributed by atoms with Gasteiger partial charge >= 0.3 is 5.97 Å². The smallest absolute Gasteiger partial charge is 0.313 e. The number of carbonyl (C=O) groups is 1. The van der Waals surface area contributed by atoms with E-state index in [1.165, 1.54) is 12.1 Å². The molecule has 0 spiro atoms. The van der Waals surface area contributed by atoms with Gasteiger partial charge in [0.05, 0.1) is 17.4 Å². The van der Waals surface area contributed by atoms with Gasteiger partial charge in [0.25, 0.3) is 9.05 Å². The Kier molecular flexibility index (Phi) is 6.44. The number of benzene rings is 1. The highest BCUT2D eigenvalue weighted by atomic mass is 35.7. The molecule has 0 saturated carbocycles. The summed E-state index contributed by atoms with van der Waals surface area (Å²) < 4.78 is 33.2. The minimum Gasteiger partial charge on any atom is -0.466 e. The van der Waals surface area contributed by atoms with Crippen LogP contribution in [-0.4, -0.2) is 34.2 Å². The molecule has 0 N–H and O–H groups in total.